The van der Waals surface area contributed by atoms with Crippen LogP contribution in [-0.4, -0.2) is 30.4 Å². The van der Waals surface area contributed by atoms with Crippen molar-refractivity contribution in [2.24, 2.45) is 0 Å². The Morgan fingerprint density at radius 2 is 2.00 bits per heavy atom. The third-order valence-corrected chi connectivity index (χ3v) is 4.53. The fourth-order valence-electron chi connectivity index (χ4n) is 3.39. The van der Waals surface area contributed by atoms with E-state index in [0.717, 1.165) is 38.2 Å². The van der Waals surface area contributed by atoms with E-state index >= 15 is 0 Å². The van der Waals surface area contributed by atoms with Gasteiger partial charge in [0.05, 0.1) is 0 Å². The van der Waals surface area contributed by atoms with Gasteiger partial charge in [-0.15, -0.1) is 0 Å². The lowest BCUT2D eigenvalue weighted by molar-refractivity contribution is -0.118. The highest BCUT2D eigenvalue weighted by Crippen LogP contribution is 2.44. The Balaban J connectivity index is 1.95. The minimum absolute atomic E-state index is 0.0879. The standard InChI is InChI=1S/C15H20N2O/c1-2-17-9-7-15(8-10-17)11-14(18)16-13-6-4-3-5-12(13)15/h3-6H,2,7-11H2,1H3,(H,16,18). The second-order valence-electron chi connectivity index (χ2n) is 5.49. The van der Waals surface area contributed by atoms with Crippen molar-refractivity contribution in [3.05, 3.63) is 29.8 Å². The summed E-state index contributed by atoms with van der Waals surface area (Å²) in [7, 11) is 0. The van der Waals surface area contributed by atoms with E-state index in [4.69, 9.17) is 0 Å². The Bertz CT molecular complexity index is 461. The van der Waals surface area contributed by atoms with E-state index in [1.807, 2.05) is 12.1 Å². The zero-order valence-corrected chi connectivity index (χ0v) is 10.9. The second kappa shape index (κ2) is 4.39. The molecule has 3 rings (SSSR count). The maximum atomic E-state index is 11.9. The molecule has 96 valence electrons. The van der Waals surface area contributed by atoms with Crippen LogP contribution in [0.15, 0.2) is 24.3 Å². The molecule has 1 N–H and O–H groups in total. The van der Waals surface area contributed by atoms with Crippen LogP contribution in [0.3, 0.4) is 0 Å². The van der Waals surface area contributed by atoms with Crippen molar-refractivity contribution in [1.29, 1.82) is 0 Å². The Morgan fingerprint density at radius 1 is 1.28 bits per heavy atom. The van der Waals surface area contributed by atoms with Gasteiger partial charge in [0.2, 0.25) is 5.91 Å². The normalized spacial score (nSPS) is 22.6. The Morgan fingerprint density at radius 3 is 2.72 bits per heavy atom. The summed E-state index contributed by atoms with van der Waals surface area (Å²) in [6.45, 7) is 5.54. The molecule has 0 aromatic heterocycles. The number of hydrogen-bond acceptors (Lipinski definition) is 2. The van der Waals surface area contributed by atoms with Gasteiger partial charge in [0.25, 0.3) is 0 Å². The van der Waals surface area contributed by atoms with Crippen molar-refractivity contribution < 1.29 is 4.79 Å². The molecule has 2 aliphatic heterocycles. The number of amides is 1. The number of piperidine rings is 1. The van der Waals surface area contributed by atoms with Gasteiger partial charge >= 0.3 is 0 Å². The van der Waals surface area contributed by atoms with Gasteiger partial charge in [0.1, 0.15) is 0 Å². The zero-order chi connectivity index (χ0) is 12.6. The molecule has 2 aliphatic rings. The number of hydrogen-bond donors (Lipinski definition) is 1. The molecule has 1 amide bonds. The molecule has 1 saturated heterocycles. The predicted molar refractivity (Wildman–Crippen MR) is 72.7 cm³/mol. The maximum absolute atomic E-state index is 11.9. The predicted octanol–water partition coefficient (Wildman–Crippen LogP) is 2.38. The monoisotopic (exact) mass is 244 g/mol. The van der Waals surface area contributed by atoms with Crippen LogP contribution < -0.4 is 5.32 Å². The number of benzene rings is 1. The van der Waals surface area contributed by atoms with Crippen molar-refractivity contribution in [3.63, 3.8) is 0 Å². The molecule has 0 bridgehead atoms. The van der Waals surface area contributed by atoms with Gasteiger partial charge in [-0.3, -0.25) is 4.79 Å². The molecule has 0 aliphatic carbocycles. The molecule has 3 nitrogen and oxygen atoms in total. The third-order valence-electron chi connectivity index (χ3n) is 4.53. The largest absolute Gasteiger partial charge is 0.326 e. The van der Waals surface area contributed by atoms with Crippen LogP contribution in [0.25, 0.3) is 0 Å². The number of carbonyl (C=O) groups excluding carboxylic acids is 1. The Hall–Kier alpha value is -1.35. The molecule has 1 spiro atoms. The van der Waals surface area contributed by atoms with Crippen LogP contribution >= 0.6 is 0 Å². The molecular weight excluding hydrogens is 224 g/mol. The van der Waals surface area contributed by atoms with Crippen molar-refractivity contribution in [3.8, 4) is 0 Å². The fourth-order valence-corrected chi connectivity index (χ4v) is 3.39. The molecule has 0 atom stereocenters. The number of carbonyl (C=O) groups is 1. The van der Waals surface area contributed by atoms with Gasteiger partial charge in [0.15, 0.2) is 0 Å². The minimum atomic E-state index is 0.0879. The van der Waals surface area contributed by atoms with Crippen LogP contribution in [0.5, 0.6) is 0 Å². The molecule has 18 heavy (non-hydrogen) atoms. The average Bonchev–Trinajstić information content (AvgIpc) is 2.39. The van der Waals surface area contributed by atoms with E-state index in [1.54, 1.807) is 0 Å². The van der Waals surface area contributed by atoms with Crippen LogP contribution in [0.2, 0.25) is 0 Å². The number of nitrogens with one attached hydrogen (secondary N) is 1. The lowest BCUT2D eigenvalue weighted by atomic mass is 9.68. The van der Waals surface area contributed by atoms with E-state index in [2.05, 4.69) is 29.3 Å². The van der Waals surface area contributed by atoms with E-state index in [9.17, 15) is 4.79 Å². The summed E-state index contributed by atoms with van der Waals surface area (Å²) in [5.74, 6) is 0.179. The zero-order valence-electron chi connectivity index (χ0n) is 10.9. The first-order valence-corrected chi connectivity index (χ1v) is 6.85. The molecule has 1 aromatic rings. The van der Waals surface area contributed by atoms with E-state index < -0.39 is 0 Å². The maximum Gasteiger partial charge on any atom is 0.225 e. The van der Waals surface area contributed by atoms with Crippen molar-refractivity contribution >= 4 is 11.6 Å². The summed E-state index contributed by atoms with van der Waals surface area (Å²) < 4.78 is 0. The van der Waals surface area contributed by atoms with Crippen molar-refractivity contribution in [1.82, 2.24) is 4.90 Å². The first-order chi connectivity index (χ1) is 8.73. The van der Waals surface area contributed by atoms with Gasteiger partial charge in [-0.2, -0.15) is 0 Å². The number of likely N-dealkylation sites (tertiary alicyclic amines) is 1. The van der Waals surface area contributed by atoms with Gasteiger partial charge in [-0.1, -0.05) is 25.1 Å². The van der Waals surface area contributed by atoms with Crippen molar-refractivity contribution in [2.45, 2.75) is 31.6 Å². The van der Waals surface area contributed by atoms with Crippen LogP contribution in [0.1, 0.15) is 31.7 Å². The summed E-state index contributed by atoms with van der Waals surface area (Å²) >= 11 is 0. The number of fused-ring (bicyclic) bond motifs is 2. The summed E-state index contributed by atoms with van der Waals surface area (Å²) in [4.78, 5) is 14.4. The van der Waals surface area contributed by atoms with E-state index in [0.29, 0.717) is 6.42 Å². The number of anilines is 1. The summed E-state index contributed by atoms with van der Waals surface area (Å²) in [5.41, 5.74) is 2.46. The van der Waals surface area contributed by atoms with E-state index in [1.165, 1.54) is 5.56 Å². The van der Waals surface area contributed by atoms with Crippen LogP contribution in [-0.2, 0) is 10.2 Å². The summed E-state index contributed by atoms with van der Waals surface area (Å²) in [6.07, 6.45) is 2.86. The topological polar surface area (TPSA) is 32.3 Å². The number of para-hydroxylation sites is 1. The highest BCUT2D eigenvalue weighted by atomic mass is 16.1. The highest BCUT2D eigenvalue weighted by molar-refractivity contribution is 5.95. The summed E-state index contributed by atoms with van der Waals surface area (Å²) in [5, 5.41) is 3.00. The molecule has 3 heteroatoms. The SMILES string of the molecule is CCN1CCC2(CC1)CC(=O)Nc1ccccc12. The highest BCUT2D eigenvalue weighted by Gasteiger charge is 2.41. The van der Waals surface area contributed by atoms with E-state index in [-0.39, 0.29) is 11.3 Å². The molecule has 0 saturated carbocycles. The summed E-state index contributed by atoms with van der Waals surface area (Å²) in [6, 6.07) is 8.31. The molecule has 0 unspecified atom stereocenters. The van der Waals surface area contributed by atoms with Crippen LogP contribution in [0.4, 0.5) is 5.69 Å². The average molecular weight is 244 g/mol. The van der Waals surface area contributed by atoms with Gasteiger partial charge in [-0.25, -0.2) is 0 Å². The Kier molecular flexibility index (Phi) is 2.86. The Labute approximate surface area is 108 Å². The molecule has 0 radical (unpaired) electrons. The lowest BCUT2D eigenvalue weighted by Crippen LogP contribution is -2.46. The number of nitrogens with zero attached hydrogens (tertiary/aromatic N) is 1. The smallest absolute Gasteiger partial charge is 0.225 e. The molecule has 1 aromatic carbocycles. The van der Waals surface area contributed by atoms with Crippen molar-refractivity contribution in [2.75, 3.05) is 25.0 Å². The van der Waals surface area contributed by atoms with Crippen LogP contribution in [0, 0.1) is 0 Å². The van der Waals surface area contributed by atoms with Gasteiger partial charge in [-0.05, 0) is 44.1 Å². The van der Waals surface area contributed by atoms with Gasteiger partial charge in [0, 0.05) is 17.5 Å². The molecule has 2 heterocycles. The fraction of sp³-hybridized carbons (Fsp3) is 0.533. The second-order valence-corrected chi connectivity index (χ2v) is 5.49. The lowest BCUT2D eigenvalue weighted by Gasteiger charge is -2.44. The minimum Gasteiger partial charge on any atom is -0.326 e. The first-order valence-electron chi connectivity index (χ1n) is 6.85. The van der Waals surface area contributed by atoms with Gasteiger partial charge < -0.3 is 10.2 Å². The third kappa shape index (κ3) is 1.83. The molecule has 1 fully saturated rings. The quantitative estimate of drug-likeness (QED) is 0.822. The number of rotatable bonds is 1. The first kappa shape index (κ1) is 11.7. The molecular formula is C15H20N2O.